The van der Waals surface area contributed by atoms with Crippen LogP contribution in [-0.2, 0) is 22.7 Å². The quantitative estimate of drug-likeness (QED) is 0.849. The minimum atomic E-state index is -0.283. The lowest BCUT2D eigenvalue weighted by atomic mass is 10.1. The van der Waals surface area contributed by atoms with Gasteiger partial charge in [-0.1, -0.05) is 38.1 Å². The number of ether oxygens (including phenoxy) is 2. The van der Waals surface area contributed by atoms with Crippen LogP contribution in [0.25, 0.3) is 0 Å². The first-order valence-corrected chi connectivity index (χ1v) is 5.79. The molecule has 0 aromatic heterocycles. The second kappa shape index (κ2) is 5.43. The predicted octanol–water partition coefficient (Wildman–Crippen LogP) is 2.26. The highest BCUT2D eigenvalue weighted by molar-refractivity contribution is 5.26. The Balaban J connectivity index is 1.92. The van der Waals surface area contributed by atoms with Gasteiger partial charge in [-0.2, -0.15) is 0 Å². The van der Waals surface area contributed by atoms with E-state index in [0.29, 0.717) is 19.1 Å². The molecule has 1 aromatic rings. The molecule has 0 saturated carbocycles. The van der Waals surface area contributed by atoms with E-state index in [0.717, 1.165) is 6.54 Å². The van der Waals surface area contributed by atoms with Crippen LogP contribution in [0, 0.1) is 5.92 Å². The third-order valence-electron chi connectivity index (χ3n) is 2.59. The van der Waals surface area contributed by atoms with Gasteiger partial charge in [0.2, 0.25) is 6.41 Å². The van der Waals surface area contributed by atoms with E-state index in [1.807, 2.05) is 12.1 Å². The van der Waals surface area contributed by atoms with Gasteiger partial charge in [0.25, 0.3) is 0 Å². The van der Waals surface area contributed by atoms with Crippen LogP contribution in [0.15, 0.2) is 24.3 Å². The number of rotatable bonds is 3. The molecule has 0 spiro atoms. The molecule has 0 amide bonds. The number of fused-ring (bicyclic) bond motifs is 1. The average Bonchev–Trinajstić information content (AvgIpc) is 2.49. The Morgan fingerprint density at radius 2 is 1.75 bits per heavy atom. The van der Waals surface area contributed by atoms with Crippen molar-refractivity contribution in [2.24, 2.45) is 5.92 Å². The molecule has 0 aliphatic carbocycles. The minimum absolute atomic E-state index is 0.283. The van der Waals surface area contributed by atoms with Gasteiger partial charge in [-0.05, 0) is 17.0 Å². The van der Waals surface area contributed by atoms with Crippen molar-refractivity contribution in [3.63, 3.8) is 0 Å². The van der Waals surface area contributed by atoms with Crippen LogP contribution in [0.1, 0.15) is 25.0 Å². The molecule has 0 bridgehead atoms. The SMILES string of the molecule is CC(C)CNC1OCc2ccccc2CO1. The lowest BCUT2D eigenvalue weighted by Crippen LogP contribution is -2.35. The topological polar surface area (TPSA) is 30.5 Å². The summed E-state index contributed by atoms with van der Waals surface area (Å²) in [6, 6.07) is 8.24. The summed E-state index contributed by atoms with van der Waals surface area (Å²) < 4.78 is 11.3. The highest BCUT2D eigenvalue weighted by Crippen LogP contribution is 2.16. The third-order valence-corrected chi connectivity index (χ3v) is 2.59. The first-order chi connectivity index (χ1) is 7.75. The molecule has 0 radical (unpaired) electrons. The van der Waals surface area contributed by atoms with Crippen molar-refractivity contribution in [1.29, 1.82) is 0 Å². The largest absolute Gasteiger partial charge is 0.335 e. The molecule has 1 aromatic carbocycles. The fourth-order valence-corrected chi connectivity index (χ4v) is 1.67. The molecule has 3 heteroatoms. The first-order valence-electron chi connectivity index (χ1n) is 5.79. The van der Waals surface area contributed by atoms with Crippen LogP contribution in [0.2, 0.25) is 0 Å². The second-order valence-corrected chi connectivity index (χ2v) is 4.52. The van der Waals surface area contributed by atoms with Gasteiger partial charge in [-0.25, -0.2) is 0 Å². The molecule has 1 aliphatic heterocycles. The summed E-state index contributed by atoms with van der Waals surface area (Å²) in [6.07, 6.45) is -0.283. The summed E-state index contributed by atoms with van der Waals surface area (Å²) in [4.78, 5) is 0. The Morgan fingerprint density at radius 3 is 2.25 bits per heavy atom. The molecular formula is C13H19NO2. The van der Waals surface area contributed by atoms with Gasteiger partial charge in [0, 0.05) is 6.54 Å². The van der Waals surface area contributed by atoms with E-state index in [9.17, 15) is 0 Å². The summed E-state index contributed by atoms with van der Waals surface area (Å²) in [7, 11) is 0. The molecule has 0 unspecified atom stereocenters. The Labute approximate surface area is 96.8 Å². The smallest absolute Gasteiger partial charge is 0.216 e. The maximum absolute atomic E-state index is 5.65. The van der Waals surface area contributed by atoms with Gasteiger partial charge in [0.05, 0.1) is 13.2 Å². The average molecular weight is 221 g/mol. The summed E-state index contributed by atoms with van der Waals surface area (Å²) in [5.41, 5.74) is 2.44. The van der Waals surface area contributed by atoms with Crippen LogP contribution in [0.4, 0.5) is 0 Å². The Kier molecular flexibility index (Phi) is 3.93. The molecule has 1 N–H and O–H groups in total. The Hall–Kier alpha value is -0.900. The van der Waals surface area contributed by atoms with Crippen molar-refractivity contribution in [2.75, 3.05) is 6.54 Å². The standard InChI is InChI=1S/C13H19NO2/c1-10(2)7-14-13-15-8-11-5-3-4-6-12(11)9-16-13/h3-6,10,13-14H,7-9H2,1-2H3. The Morgan fingerprint density at radius 1 is 1.19 bits per heavy atom. The van der Waals surface area contributed by atoms with Crippen LogP contribution in [-0.4, -0.2) is 13.0 Å². The molecule has 1 aliphatic rings. The van der Waals surface area contributed by atoms with Gasteiger partial charge in [0.15, 0.2) is 0 Å². The Bertz CT molecular complexity index is 311. The van der Waals surface area contributed by atoms with E-state index in [1.165, 1.54) is 11.1 Å². The monoisotopic (exact) mass is 221 g/mol. The first kappa shape index (κ1) is 11.6. The van der Waals surface area contributed by atoms with Crippen molar-refractivity contribution >= 4 is 0 Å². The van der Waals surface area contributed by atoms with Gasteiger partial charge in [-0.15, -0.1) is 0 Å². The van der Waals surface area contributed by atoms with Gasteiger partial charge in [0.1, 0.15) is 0 Å². The summed E-state index contributed by atoms with van der Waals surface area (Å²) in [5.74, 6) is 0.595. The summed E-state index contributed by atoms with van der Waals surface area (Å²) in [5, 5.41) is 3.25. The van der Waals surface area contributed by atoms with Crippen molar-refractivity contribution in [3.8, 4) is 0 Å². The highest BCUT2D eigenvalue weighted by Gasteiger charge is 2.15. The lowest BCUT2D eigenvalue weighted by Gasteiger charge is -2.17. The second-order valence-electron chi connectivity index (χ2n) is 4.52. The van der Waals surface area contributed by atoms with Crippen molar-refractivity contribution in [3.05, 3.63) is 35.4 Å². The third kappa shape index (κ3) is 3.04. The van der Waals surface area contributed by atoms with Crippen LogP contribution >= 0.6 is 0 Å². The normalized spacial score (nSPS) is 17.2. The molecule has 16 heavy (non-hydrogen) atoms. The molecule has 1 heterocycles. The van der Waals surface area contributed by atoms with Crippen molar-refractivity contribution < 1.29 is 9.47 Å². The van der Waals surface area contributed by atoms with Gasteiger partial charge >= 0.3 is 0 Å². The highest BCUT2D eigenvalue weighted by atomic mass is 16.7. The number of hydrogen-bond acceptors (Lipinski definition) is 3. The predicted molar refractivity (Wildman–Crippen MR) is 62.6 cm³/mol. The van der Waals surface area contributed by atoms with Crippen molar-refractivity contribution in [1.82, 2.24) is 5.32 Å². The van der Waals surface area contributed by atoms with Crippen LogP contribution in [0.3, 0.4) is 0 Å². The van der Waals surface area contributed by atoms with Crippen LogP contribution < -0.4 is 5.32 Å². The number of nitrogens with one attached hydrogen (secondary N) is 1. The molecule has 2 rings (SSSR count). The maximum Gasteiger partial charge on any atom is 0.216 e. The molecule has 0 fully saturated rings. The molecule has 0 atom stereocenters. The number of benzene rings is 1. The fourth-order valence-electron chi connectivity index (χ4n) is 1.67. The van der Waals surface area contributed by atoms with E-state index in [4.69, 9.17) is 9.47 Å². The van der Waals surface area contributed by atoms with Gasteiger partial charge < -0.3 is 9.47 Å². The zero-order chi connectivity index (χ0) is 11.4. The molecule has 3 nitrogen and oxygen atoms in total. The maximum atomic E-state index is 5.65. The van der Waals surface area contributed by atoms with E-state index >= 15 is 0 Å². The van der Waals surface area contributed by atoms with Crippen LogP contribution in [0.5, 0.6) is 0 Å². The number of hydrogen-bond donors (Lipinski definition) is 1. The molecule has 0 saturated heterocycles. The summed E-state index contributed by atoms with van der Waals surface area (Å²) >= 11 is 0. The van der Waals surface area contributed by atoms with E-state index < -0.39 is 0 Å². The fraction of sp³-hybridized carbons (Fsp3) is 0.538. The zero-order valence-corrected chi connectivity index (χ0v) is 9.90. The van der Waals surface area contributed by atoms with E-state index in [-0.39, 0.29) is 6.41 Å². The van der Waals surface area contributed by atoms with E-state index in [2.05, 4.69) is 31.3 Å². The van der Waals surface area contributed by atoms with Crippen molar-refractivity contribution in [2.45, 2.75) is 33.5 Å². The zero-order valence-electron chi connectivity index (χ0n) is 9.90. The minimum Gasteiger partial charge on any atom is -0.335 e. The molecule has 88 valence electrons. The van der Waals surface area contributed by atoms with E-state index in [1.54, 1.807) is 0 Å². The lowest BCUT2D eigenvalue weighted by molar-refractivity contribution is -0.167. The summed E-state index contributed by atoms with van der Waals surface area (Å²) in [6.45, 7) is 6.47. The molecular weight excluding hydrogens is 202 g/mol. The van der Waals surface area contributed by atoms with Gasteiger partial charge in [-0.3, -0.25) is 5.32 Å².